The van der Waals surface area contributed by atoms with E-state index in [-0.39, 0.29) is 17.5 Å². The monoisotopic (exact) mass is 370 g/mol. The molecule has 6 heteroatoms. The second-order valence-electron chi connectivity index (χ2n) is 8.01. The summed E-state index contributed by atoms with van der Waals surface area (Å²) in [4.78, 5) is 20.3. The van der Waals surface area contributed by atoms with E-state index in [1.165, 1.54) is 9.75 Å². The minimum atomic E-state index is -0.310. The van der Waals surface area contributed by atoms with E-state index < -0.39 is 0 Å². The van der Waals surface area contributed by atoms with Crippen LogP contribution in [-0.2, 0) is 0 Å². The molecule has 26 heavy (non-hydrogen) atoms. The Bertz CT molecular complexity index is 976. The fourth-order valence-corrected chi connectivity index (χ4v) is 3.95. The van der Waals surface area contributed by atoms with Crippen molar-refractivity contribution in [3.05, 3.63) is 33.6 Å². The molecule has 0 aliphatic rings. The highest BCUT2D eigenvalue weighted by Crippen LogP contribution is 2.32. The zero-order chi connectivity index (χ0) is 19.2. The van der Waals surface area contributed by atoms with Crippen LogP contribution in [0, 0.1) is 13.8 Å². The number of aryl methyl sites for hydroxylation is 2. The van der Waals surface area contributed by atoms with Crippen molar-refractivity contribution in [2.45, 2.75) is 60.0 Å². The second kappa shape index (κ2) is 6.50. The molecule has 1 N–H and O–H groups in total. The van der Waals surface area contributed by atoms with Gasteiger partial charge >= 0.3 is 0 Å². The van der Waals surface area contributed by atoms with Crippen molar-refractivity contribution in [3.63, 3.8) is 0 Å². The van der Waals surface area contributed by atoms with E-state index in [0.29, 0.717) is 5.56 Å². The van der Waals surface area contributed by atoms with Gasteiger partial charge in [0.15, 0.2) is 5.65 Å². The molecule has 5 nitrogen and oxygen atoms in total. The molecule has 0 atom stereocenters. The molecule has 138 valence electrons. The van der Waals surface area contributed by atoms with Gasteiger partial charge in [0, 0.05) is 26.9 Å². The molecule has 1 amide bonds. The third-order valence-electron chi connectivity index (χ3n) is 4.11. The predicted molar refractivity (Wildman–Crippen MR) is 108 cm³/mol. The van der Waals surface area contributed by atoms with Gasteiger partial charge in [-0.15, -0.1) is 11.3 Å². The molecule has 3 aromatic rings. The molecular weight excluding hydrogens is 344 g/mol. The van der Waals surface area contributed by atoms with Gasteiger partial charge in [0.05, 0.1) is 22.8 Å². The molecule has 0 bridgehead atoms. The summed E-state index contributed by atoms with van der Waals surface area (Å²) in [5.74, 6) is -0.0981. The maximum atomic E-state index is 13.0. The Kier molecular flexibility index (Phi) is 4.65. The molecule has 0 aromatic carbocycles. The Morgan fingerprint density at radius 2 is 1.92 bits per heavy atom. The smallest absolute Gasteiger partial charge is 0.252 e. The van der Waals surface area contributed by atoms with Gasteiger partial charge in [-0.2, -0.15) is 5.10 Å². The Hall–Kier alpha value is -2.21. The number of hydrogen-bond acceptors (Lipinski definition) is 4. The van der Waals surface area contributed by atoms with E-state index in [1.54, 1.807) is 17.5 Å². The summed E-state index contributed by atoms with van der Waals surface area (Å²) >= 11 is 1.74. The van der Waals surface area contributed by atoms with E-state index in [2.05, 4.69) is 44.2 Å². The highest BCUT2D eigenvalue weighted by Gasteiger charge is 2.22. The molecule has 3 heterocycles. The van der Waals surface area contributed by atoms with E-state index >= 15 is 0 Å². The maximum absolute atomic E-state index is 13.0. The van der Waals surface area contributed by atoms with Gasteiger partial charge in [0.25, 0.3) is 5.91 Å². The topological polar surface area (TPSA) is 59.8 Å². The van der Waals surface area contributed by atoms with E-state index in [0.717, 1.165) is 22.3 Å². The Morgan fingerprint density at radius 3 is 2.46 bits per heavy atom. The van der Waals surface area contributed by atoms with Crippen LogP contribution < -0.4 is 5.32 Å². The van der Waals surface area contributed by atoms with Crippen LogP contribution in [-0.4, -0.2) is 26.2 Å². The lowest BCUT2D eigenvalue weighted by atomic mass is 10.0. The van der Waals surface area contributed by atoms with Crippen molar-refractivity contribution < 1.29 is 4.79 Å². The van der Waals surface area contributed by atoms with Crippen molar-refractivity contribution in [2.75, 3.05) is 0 Å². The van der Waals surface area contributed by atoms with E-state index in [9.17, 15) is 4.79 Å². The number of thiophene rings is 1. The summed E-state index contributed by atoms with van der Waals surface area (Å²) in [6, 6.07) is 4.19. The van der Waals surface area contributed by atoms with Crippen molar-refractivity contribution in [1.82, 2.24) is 20.1 Å². The van der Waals surface area contributed by atoms with Crippen molar-refractivity contribution in [2.24, 2.45) is 0 Å². The Balaban J connectivity index is 2.25. The number of hydrogen-bond donors (Lipinski definition) is 1. The lowest BCUT2D eigenvalue weighted by molar-refractivity contribution is 0.0921. The number of nitrogens with one attached hydrogen (secondary N) is 1. The molecule has 3 aromatic heterocycles. The largest absolute Gasteiger partial charge is 0.347 e. The Labute approximate surface area is 158 Å². The SMILES string of the molecule is Cc1cc(-c2cc(C(=O)NC(C)(C)C)c3cnn(C(C)C)c3n2)c(C)s1. The third-order valence-corrected chi connectivity index (χ3v) is 5.07. The van der Waals surface area contributed by atoms with E-state index in [1.807, 2.05) is 31.5 Å². The molecule has 0 aliphatic heterocycles. The van der Waals surface area contributed by atoms with Gasteiger partial charge in [-0.1, -0.05) is 0 Å². The highest BCUT2D eigenvalue weighted by atomic mass is 32.1. The van der Waals surface area contributed by atoms with Crippen LogP contribution in [0.2, 0.25) is 0 Å². The molecular formula is C20H26N4OS. The highest BCUT2D eigenvalue weighted by molar-refractivity contribution is 7.12. The van der Waals surface area contributed by atoms with Crippen LogP contribution in [0.5, 0.6) is 0 Å². The summed E-state index contributed by atoms with van der Waals surface area (Å²) in [5.41, 5.74) is 2.96. The molecule has 3 rings (SSSR count). The number of aromatic nitrogens is 3. The number of amides is 1. The number of carbonyl (C=O) groups excluding carboxylic acids is 1. The zero-order valence-electron chi connectivity index (χ0n) is 16.5. The average molecular weight is 371 g/mol. The first kappa shape index (κ1) is 18.6. The summed E-state index contributed by atoms with van der Waals surface area (Å²) in [6.07, 6.45) is 1.75. The first-order chi connectivity index (χ1) is 12.1. The molecule has 0 saturated heterocycles. The van der Waals surface area contributed by atoms with Crippen LogP contribution in [0.4, 0.5) is 0 Å². The third kappa shape index (κ3) is 3.51. The van der Waals surface area contributed by atoms with Crippen molar-refractivity contribution in [1.29, 1.82) is 0 Å². The summed E-state index contributed by atoms with van der Waals surface area (Å²) in [6.45, 7) is 14.3. The normalized spacial score (nSPS) is 12.2. The van der Waals surface area contributed by atoms with Crippen LogP contribution in [0.15, 0.2) is 18.3 Å². The first-order valence-electron chi connectivity index (χ1n) is 8.85. The second-order valence-corrected chi connectivity index (χ2v) is 9.47. The van der Waals surface area contributed by atoms with E-state index in [4.69, 9.17) is 4.98 Å². The van der Waals surface area contributed by atoms with Gasteiger partial charge in [-0.25, -0.2) is 9.67 Å². The maximum Gasteiger partial charge on any atom is 0.252 e. The van der Waals surface area contributed by atoms with Crippen LogP contribution in [0.25, 0.3) is 22.3 Å². The number of carbonyl (C=O) groups is 1. The van der Waals surface area contributed by atoms with Gasteiger partial charge in [0.2, 0.25) is 0 Å². The quantitative estimate of drug-likeness (QED) is 0.714. The zero-order valence-corrected chi connectivity index (χ0v) is 17.3. The van der Waals surface area contributed by atoms with Gasteiger partial charge in [-0.05, 0) is 60.6 Å². The molecule has 0 saturated carbocycles. The van der Waals surface area contributed by atoms with Gasteiger partial charge in [0.1, 0.15) is 0 Å². The number of nitrogens with zero attached hydrogens (tertiary/aromatic N) is 3. The number of rotatable bonds is 3. The fraction of sp³-hybridized carbons (Fsp3) is 0.450. The number of fused-ring (bicyclic) bond motifs is 1. The lowest BCUT2D eigenvalue weighted by Gasteiger charge is -2.21. The molecule has 0 aliphatic carbocycles. The predicted octanol–water partition coefficient (Wildman–Crippen LogP) is 4.89. The minimum absolute atomic E-state index is 0.0981. The van der Waals surface area contributed by atoms with Crippen molar-refractivity contribution >= 4 is 28.3 Å². The van der Waals surface area contributed by atoms with Crippen molar-refractivity contribution in [3.8, 4) is 11.3 Å². The fourth-order valence-electron chi connectivity index (χ4n) is 3.01. The molecule has 0 radical (unpaired) electrons. The first-order valence-corrected chi connectivity index (χ1v) is 9.66. The molecule has 0 fully saturated rings. The Morgan fingerprint density at radius 1 is 1.23 bits per heavy atom. The van der Waals surface area contributed by atoms with Crippen LogP contribution in [0.3, 0.4) is 0 Å². The van der Waals surface area contributed by atoms with Gasteiger partial charge in [-0.3, -0.25) is 4.79 Å². The lowest BCUT2D eigenvalue weighted by Crippen LogP contribution is -2.40. The summed E-state index contributed by atoms with van der Waals surface area (Å²) in [5, 5.41) is 8.32. The summed E-state index contributed by atoms with van der Waals surface area (Å²) < 4.78 is 1.88. The standard InChI is InChI=1S/C20H26N4OS/c1-11(2)24-18-16(10-21-24)15(19(25)23-20(5,6)7)9-17(22-18)14-8-12(3)26-13(14)4/h8-11H,1-7H3,(H,23,25). The average Bonchev–Trinajstić information content (AvgIpc) is 3.07. The summed E-state index contributed by atoms with van der Waals surface area (Å²) in [7, 11) is 0. The number of pyridine rings is 1. The molecule has 0 unspecified atom stereocenters. The van der Waals surface area contributed by atoms with Crippen LogP contribution in [0.1, 0.15) is 60.8 Å². The van der Waals surface area contributed by atoms with Crippen LogP contribution >= 0.6 is 11.3 Å². The molecule has 0 spiro atoms. The minimum Gasteiger partial charge on any atom is -0.347 e. The van der Waals surface area contributed by atoms with Gasteiger partial charge < -0.3 is 5.32 Å².